The van der Waals surface area contributed by atoms with Crippen molar-refractivity contribution in [3.8, 4) is 0 Å². The van der Waals surface area contributed by atoms with Crippen molar-refractivity contribution in [2.45, 2.75) is 20.8 Å². The molecule has 0 aliphatic rings. The number of rotatable bonds is 6. The van der Waals surface area contributed by atoms with E-state index in [1.165, 1.54) is 32.6 Å². The van der Waals surface area contributed by atoms with Gasteiger partial charge in [0.2, 0.25) is 0 Å². The van der Waals surface area contributed by atoms with Crippen molar-refractivity contribution in [3.63, 3.8) is 0 Å². The van der Waals surface area contributed by atoms with Crippen LogP contribution in [0.15, 0.2) is 141 Å². The maximum Gasteiger partial charge on any atom is 0.140 e. The minimum Gasteiger partial charge on any atom is -0.464 e. The van der Waals surface area contributed by atoms with E-state index < -0.39 is 15.8 Å². The topological polar surface area (TPSA) is 39.4 Å². The molecular formula is C33H30O3P2. The fourth-order valence-electron chi connectivity index (χ4n) is 4.35. The lowest BCUT2D eigenvalue weighted by Crippen LogP contribution is -2.25. The average Bonchev–Trinajstić information content (AvgIpc) is 3.74. The second-order valence-electron chi connectivity index (χ2n) is 8.88. The van der Waals surface area contributed by atoms with Gasteiger partial charge in [0, 0.05) is 0 Å². The molecule has 38 heavy (non-hydrogen) atoms. The van der Waals surface area contributed by atoms with E-state index in [2.05, 4.69) is 93.6 Å². The number of hydrogen-bond donors (Lipinski definition) is 0. The highest BCUT2D eigenvalue weighted by Gasteiger charge is 2.24. The fraction of sp³-hybridized carbons (Fsp3) is 0.0909. The Morgan fingerprint density at radius 1 is 0.368 bits per heavy atom. The Labute approximate surface area is 226 Å². The Balaban J connectivity index is 0.000000162. The Hall–Kier alpha value is -3.64. The Bertz CT molecular complexity index is 1360. The summed E-state index contributed by atoms with van der Waals surface area (Å²) >= 11 is 0. The molecule has 0 bridgehead atoms. The summed E-state index contributed by atoms with van der Waals surface area (Å²) in [6.07, 6.45) is 4.99. The molecule has 0 atom stereocenters. The van der Waals surface area contributed by atoms with Gasteiger partial charge in [-0.05, 0) is 97.7 Å². The van der Waals surface area contributed by atoms with E-state index in [-0.39, 0.29) is 0 Å². The lowest BCUT2D eigenvalue weighted by molar-refractivity contribution is 0.584. The maximum atomic E-state index is 5.45. The maximum absolute atomic E-state index is 5.45. The van der Waals surface area contributed by atoms with Crippen molar-refractivity contribution in [2.24, 2.45) is 0 Å². The summed E-state index contributed by atoms with van der Waals surface area (Å²) < 4.78 is 16.4. The first-order chi connectivity index (χ1) is 18.6. The molecule has 0 N–H and O–H groups in total. The SMILES string of the molecule is Cc1ccccc1P(c1ccccc1C)c1ccccc1C.c1coc(P(c2ccco2)c2ccco2)c1. The molecule has 5 heteroatoms. The van der Waals surface area contributed by atoms with Crippen LogP contribution in [0.25, 0.3) is 0 Å². The summed E-state index contributed by atoms with van der Waals surface area (Å²) in [5.74, 6) is 0. The molecule has 190 valence electrons. The van der Waals surface area contributed by atoms with Crippen LogP contribution >= 0.6 is 15.8 Å². The van der Waals surface area contributed by atoms with E-state index in [0.29, 0.717) is 0 Å². The first-order valence-electron chi connectivity index (χ1n) is 12.5. The third-order valence-corrected chi connectivity index (χ3v) is 11.3. The minimum absolute atomic E-state index is 0.508. The van der Waals surface area contributed by atoms with Gasteiger partial charge in [0.05, 0.1) is 18.8 Å². The van der Waals surface area contributed by atoms with Gasteiger partial charge in [0.15, 0.2) is 0 Å². The highest BCUT2D eigenvalue weighted by Crippen LogP contribution is 2.36. The molecule has 0 saturated heterocycles. The van der Waals surface area contributed by atoms with Gasteiger partial charge in [-0.2, -0.15) is 0 Å². The smallest absolute Gasteiger partial charge is 0.140 e. The lowest BCUT2D eigenvalue weighted by atomic mass is 10.2. The summed E-state index contributed by atoms with van der Waals surface area (Å²) in [6.45, 7) is 6.67. The molecule has 0 aliphatic carbocycles. The van der Waals surface area contributed by atoms with Crippen molar-refractivity contribution in [2.75, 3.05) is 0 Å². The number of benzene rings is 3. The summed E-state index contributed by atoms with van der Waals surface area (Å²) in [7, 11) is -1.34. The van der Waals surface area contributed by atoms with Gasteiger partial charge < -0.3 is 13.3 Å². The highest BCUT2D eigenvalue weighted by molar-refractivity contribution is 7.80. The van der Waals surface area contributed by atoms with E-state index in [0.717, 1.165) is 16.5 Å². The van der Waals surface area contributed by atoms with Crippen LogP contribution in [0.4, 0.5) is 0 Å². The molecule has 0 saturated carbocycles. The largest absolute Gasteiger partial charge is 0.464 e. The molecule has 3 aromatic carbocycles. The number of furan rings is 3. The first-order valence-corrected chi connectivity index (χ1v) is 15.2. The fourth-order valence-corrected chi connectivity index (χ4v) is 8.97. The van der Waals surface area contributed by atoms with Crippen LogP contribution in [0.3, 0.4) is 0 Å². The number of aryl methyl sites for hydroxylation is 3. The van der Waals surface area contributed by atoms with Gasteiger partial charge in [-0.3, -0.25) is 0 Å². The predicted molar refractivity (Wildman–Crippen MR) is 161 cm³/mol. The number of hydrogen-bond acceptors (Lipinski definition) is 3. The van der Waals surface area contributed by atoms with Crippen LogP contribution in [0.1, 0.15) is 16.7 Å². The quantitative estimate of drug-likeness (QED) is 0.226. The van der Waals surface area contributed by atoms with Crippen molar-refractivity contribution >= 4 is 48.3 Å². The normalized spacial score (nSPS) is 11.0. The van der Waals surface area contributed by atoms with Crippen LogP contribution in [-0.2, 0) is 0 Å². The van der Waals surface area contributed by atoms with Crippen molar-refractivity contribution in [1.82, 2.24) is 0 Å². The standard InChI is InChI=1S/C21H21P.C12H9O3P/c1-16-10-4-7-13-19(16)22(20-14-8-5-11-17(20)2)21-15-9-6-12-18(21)3;1-4-10(13-7-1)16(11-5-2-8-14-11)12-6-3-9-15-12/h4-15H,1-3H3;1-9H. The molecule has 0 spiro atoms. The van der Waals surface area contributed by atoms with Crippen LogP contribution in [0.2, 0.25) is 0 Å². The summed E-state index contributed by atoms with van der Waals surface area (Å²) in [5, 5.41) is 4.38. The van der Waals surface area contributed by atoms with Crippen LogP contribution in [0.5, 0.6) is 0 Å². The molecular weight excluding hydrogens is 506 g/mol. The van der Waals surface area contributed by atoms with Crippen LogP contribution in [-0.4, -0.2) is 0 Å². The monoisotopic (exact) mass is 536 g/mol. The molecule has 0 fully saturated rings. The van der Waals surface area contributed by atoms with E-state index in [9.17, 15) is 0 Å². The Morgan fingerprint density at radius 3 is 0.947 bits per heavy atom. The van der Waals surface area contributed by atoms with E-state index in [4.69, 9.17) is 13.3 Å². The Kier molecular flexibility index (Phi) is 8.39. The van der Waals surface area contributed by atoms with Gasteiger partial charge in [0.1, 0.15) is 24.4 Å². The van der Waals surface area contributed by atoms with E-state index >= 15 is 0 Å². The van der Waals surface area contributed by atoms with Crippen molar-refractivity contribution in [3.05, 3.63) is 145 Å². The molecule has 6 aromatic rings. The predicted octanol–water partition coefficient (Wildman–Crippen LogP) is 6.59. The molecule has 0 unspecified atom stereocenters. The zero-order chi connectivity index (χ0) is 26.3. The molecule has 3 aromatic heterocycles. The summed E-state index contributed by atoms with van der Waals surface area (Å²) in [4.78, 5) is 0. The lowest BCUT2D eigenvalue weighted by Gasteiger charge is -2.24. The second kappa shape index (κ2) is 12.3. The zero-order valence-electron chi connectivity index (χ0n) is 21.7. The molecule has 0 radical (unpaired) electrons. The van der Waals surface area contributed by atoms with Gasteiger partial charge >= 0.3 is 0 Å². The van der Waals surface area contributed by atoms with Gasteiger partial charge in [-0.15, -0.1) is 0 Å². The minimum atomic E-state index is -0.835. The summed E-state index contributed by atoms with van der Waals surface area (Å²) in [5.41, 5.74) is 6.75. The molecule has 6 rings (SSSR count). The van der Waals surface area contributed by atoms with Crippen molar-refractivity contribution in [1.29, 1.82) is 0 Å². The van der Waals surface area contributed by atoms with Crippen molar-refractivity contribution < 1.29 is 13.3 Å². The molecule has 0 aliphatic heterocycles. The molecule has 3 nitrogen and oxygen atoms in total. The van der Waals surface area contributed by atoms with Crippen LogP contribution < -0.4 is 32.4 Å². The first kappa shape index (κ1) is 26.0. The second-order valence-corrected chi connectivity index (χ2v) is 13.0. The summed E-state index contributed by atoms with van der Waals surface area (Å²) in [6, 6.07) is 37.8. The highest BCUT2D eigenvalue weighted by atomic mass is 31.1. The van der Waals surface area contributed by atoms with E-state index in [1.54, 1.807) is 18.8 Å². The third kappa shape index (κ3) is 5.76. The van der Waals surface area contributed by atoms with E-state index in [1.807, 2.05) is 36.4 Å². The van der Waals surface area contributed by atoms with Gasteiger partial charge in [-0.1, -0.05) is 72.8 Å². The average molecular weight is 537 g/mol. The zero-order valence-corrected chi connectivity index (χ0v) is 23.5. The van der Waals surface area contributed by atoms with Crippen LogP contribution in [0, 0.1) is 20.8 Å². The molecule has 3 heterocycles. The third-order valence-electron chi connectivity index (χ3n) is 6.25. The molecule has 0 amide bonds. The van der Waals surface area contributed by atoms with Gasteiger partial charge in [0.25, 0.3) is 0 Å². The van der Waals surface area contributed by atoms with Gasteiger partial charge in [-0.25, -0.2) is 0 Å². The Morgan fingerprint density at radius 2 is 0.684 bits per heavy atom.